The predicted molar refractivity (Wildman–Crippen MR) is 61.6 cm³/mol. The summed E-state index contributed by atoms with van der Waals surface area (Å²) in [5.74, 6) is -0.447. The van der Waals surface area contributed by atoms with E-state index in [2.05, 4.69) is 9.71 Å². The van der Waals surface area contributed by atoms with E-state index in [1.165, 1.54) is 24.4 Å². The van der Waals surface area contributed by atoms with Crippen LogP contribution in [-0.4, -0.2) is 13.4 Å². The highest BCUT2D eigenvalue weighted by atomic mass is 32.2. The first-order valence-electron chi connectivity index (χ1n) is 4.94. The van der Waals surface area contributed by atoms with E-state index in [-0.39, 0.29) is 17.3 Å². The molecule has 8 heteroatoms. The fraction of sp³-hybridized carbons (Fsp3) is 0.100. The van der Waals surface area contributed by atoms with Crippen molar-refractivity contribution in [2.45, 2.75) is 11.6 Å². The lowest BCUT2D eigenvalue weighted by Gasteiger charge is -2.05. The first kappa shape index (κ1) is 12.5. The van der Waals surface area contributed by atoms with Gasteiger partial charge in [0.1, 0.15) is 5.76 Å². The fourth-order valence-corrected chi connectivity index (χ4v) is 2.28. The first-order valence-corrected chi connectivity index (χ1v) is 6.42. The van der Waals surface area contributed by atoms with E-state index in [0.717, 1.165) is 6.20 Å². The molecule has 6 nitrogen and oxygen atoms in total. The number of hydrogen-bond acceptors (Lipinski definition) is 5. The minimum absolute atomic E-state index is 0.0825. The smallest absolute Gasteiger partial charge is 0.295 e. The Labute approximate surface area is 103 Å². The van der Waals surface area contributed by atoms with Gasteiger partial charge in [-0.3, -0.25) is 9.71 Å². The van der Waals surface area contributed by atoms with Crippen molar-refractivity contribution in [2.24, 2.45) is 5.73 Å². The summed E-state index contributed by atoms with van der Waals surface area (Å²) in [5.41, 5.74) is 5.11. The predicted octanol–water partition coefficient (Wildman–Crippen LogP) is 1.07. The lowest BCUT2D eigenvalue weighted by Crippen LogP contribution is -2.13. The summed E-state index contributed by atoms with van der Waals surface area (Å²) in [4.78, 5) is 3.52. The lowest BCUT2D eigenvalue weighted by atomic mass is 10.4. The van der Waals surface area contributed by atoms with Crippen molar-refractivity contribution in [1.82, 2.24) is 4.98 Å². The van der Waals surface area contributed by atoms with Gasteiger partial charge in [-0.1, -0.05) is 0 Å². The van der Waals surface area contributed by atoms with E-state index in [0.29, 0.717) is 5.76 Å². The average Bonchev–Trinajstić information content (AvgIpc) is 2.81. The molecule has 2 heterocycles. The van der Waals surface area contributed by atoms with Gasteiger partial charge >= 0.3 is 0 Å². The standard InChI is InChI=1S/C10H10FN3O3S/c11-8-6-13-4-3-9(8)14-18(15,16)10-2-1-7(5-12)17-10/h1-4,6H,5,12H2,(H,13,14). The largest absolute Gasteiger partial charge is 0.446 e. The van der Waals surface area contributed by atoms with Gasteiger partial charge in [-0.15, -0.1) is 0 Å². The van der Waals surface area contributed by atoms with Crippen LogP contribution < -0.4 is 10.5 Å². The number of hydrogen-bond donors (Lipinski definition) is 2. The Morgan fingerprint density at radius 2 is 2.17 bits per heavy atom. The molecule has 96 valence electrons. The van der Waals surface area contributed by atoms with Gasteiger partial charge in [0.05, 0.1) is 18.4 Å². The monoisotopic (exact) mass is 271 g/mol. The summed E-state index contributed by atoms with van der Waals surface area (Å²) in [5, 5.41) is -0.320. The van der Waals surface area contributed by atoms with Crippen LogP contribution >= 0.6 is 0 Å². The number of halogens is 1. The average molecular weight is 271 g/mol. The second-order valence-electron chi connectivity index (χ2n) is 3.39. The lowest BCUT2D eigenvalue weighted by molar-refractivity contribution is 0.417. The minimum Gasteiger partial charge on any atom is -0.446 e. The maximum absolute atomic E-state index is 13.3. The third-order valence-electron chi connectivity index (χ3n) is 2.12. The highest BCUT2D eigenvalue weighted by Gasteiger charge is 2.20. The number of anilines is 1. The third kappa shape index (κ3) is 2.49. The molecule has 2 aromatic heterocycles. The van der Waals surface area contributed by atoms with Crippen LogP contribution in [0.5, 0.6) is 0 Å². The zero-order valence-corrected chi connectivity index (χ0v) is 9.95. The Morgan fingerprint density at radius 1 is 1.39 bits per heavy atom. The maximum atomic E-state index is 13.3. The summed E-state index contributed by atoms with van der Waals surface area (Å²) >= 11 is 0. The van der Waals surface area contributed by atoms with Crippen molar-refractivity contribution in [3.63, 3.8) is 0 Å². The number of nitrogens with one attached hydrogen (secondary N) is 1. The Kier molecular flexibility index (Phi) is 3.30. The van der Waals surface area contributed by atoms with E-state index in [1.54, 1.807) is 0 Å². The summed E-state index contributed by atoms with van der Waals surface area (Å²) < 4.78 is 44.0. The molecule has 0 aromatic carbocycles. The van der Waals surface area contributed by atoms with Gasteiger partial charge in [-0.05, 0) is 18.2 Å². The Hall–Kier alpha value is -1.93. The van der Waals surface area contributed by atoms with Crippen molar-refractivity contribution in [3.05, 3.63) is 42.2 Å². The Bertz CT molecular complexity index is 654. The van der Waals surface area contributed by atoms with Crippen LogP contribution in [0.1, 0.15) is 5.76 Å². The van der Waals surface area contributed by atoms with Gasteiger partial charge in [-0.2, -0.15) is 8.42 Å². The number of nitrogens with two attached hydrogens (primary N) is 1. The highest BCUT2D eigenvalue weighted by molar-refractivity contribution is 7.92. The van der Waals surface area contributed by atoms with Crippen LogP contribution in [0, 0.1) is 5.82 Å². The highest BCUT2D eigenvalue weighted by Crippen LogP contribution is 2.19. The quantitative estimate of drug-likeness (QED) is 0.866. The Balaban J connectivity index is 2.30. The molecule has 0 aliphatic rings. The molecular weight excluding hydrogens is 261 g/mol. The normalized spacial score (nSPS) is 11.4. The summed E-state index contributed by atoms with van der Waals surface area (Å²) in [6.45, 7) is 0.0825. The van der Waals surface area contributed by atoms with Crippen LogP contribution in [0.25, 0.3) is 0 Å². The molecule has 0 unspecified atom stereocenters. The summed E-state index contributed by atoms with van der Waals surface area (Å²) in [6, 6.07) is 3.90. The number of furan rings is 1. The van der Waals surface area contributed by atoms with Crippen molar-refractivity contribution in [2.75, 3.05) is 4.72 Å². The zero-order valence-electron chi connectivity index (χ0n) is 9.13. The number of sulfonamides is 1. The van der Waals surface area contributed by atoms with Gasteiger partial charge in [0, 0.05) is 6.20 Å². The number of pyridine rings is 1. The molecule has 0 saturated heterocycles. The fourth-order valence-electron chi connectivity index (χ4n) is 1.27. The maximum Gasteiger partial charge on any atom is 0.295 e. The number of rotatable bonds is 4. The van der Waals surface area contributed by atoms with Crippen LogP contribution in [0.4, 0.5) is 10.1 Å². The van der Waals surface area contributed by atoms with Gasteiger partial charge in [0.2, 0.25) is 5.09 Å². The molecule has 18 heavy (non-hydrogen) atoms. The van der Waals surface area contributed by atoms with E-state index in [9.17, 15) is 12.8 Å². The van der Waals surface area contributed by atoms with Crippen LogP contribution in [-0.2, 0) is 16.6 Å². The molecule has 0 aliphatic carbocycles. The second-order valence-corrected chi connectivity index (χ2v) is 5.00. The number of nitrogens with zero attached hydrogens (tertiary/aromatic N) is 1. The molecule has 0 amide bonds. The molecule has 3 N–H and O–H groups in total. The second kappa shape index (κ2) is 4.75. The van der Waals surface area contributed by atoms with E-state index >= 15 is 0 Å². The number of aromatic nitrogens is 1. The Morgan fingerprint density at radius 3 is 2.78 bits per heavy atom. The third-order valence-corrected chi connectivity index (χ3v) is 3.36. The van der Waals surface area contributed by atoms with E-state index in [1.807, 2.05) is 0 Å². The molecule has 0 aliphatic heterocycles. The summed E-state index contributed by atoms with van der Waals surface area (Å²) in [7, 11) is -3.97. The molecule has 2 aromatic rings. The topological polar surface area (TPSA) is 98.2 Å². The summed E-state index contributed by atoms with van der Waals surface area (Å²) in [6.07, 6.45) is 2.18. The molecule has 0 saturated carbocycles. The molecule has 0 bridgehead atoms. The first-order chi connectivity index (χ1) is 8.53. The van der Waals surface area contributed by atoms with Crippen molar-refractivity contribution in [3.8, 4) is 0 Å². The van der Waals surface area contributed by atoms with Crippen LogP contribution in [0.3, 0.4) is 0 Å². The molecule has 0 radical (unpaired) electrons. The van der Waals surface area contributed by atoms with Gasteiger partial charge in [0.15, 0.2) is 5.82 Å². The SMILES string of the molecule is NCc1ccc(S(=O)(=O)Nc2ccncc2F)o1. The molecule has 2 rings (SSSR count). The minimum atomic E-state index is -3.97. The van der Waals surface area contributed by atoms with E-state index in [4.69, 9.17) is 10.2 Å². The van der Waals surface area contributed by atoms with Gasteiger partial charge < -0.3 is 10.2 Å². The molecule has 0 fully saturated rings. The molecule has 0 atom stereocenters. The van der Waals surface area contributed by atoms with Crippen molar-refractivity contribution in [1.29, 1.82) is 0 Å². The van der Waals surface area contributed by atoms with E-state index < -0.39 is 15.8 Å². The van der Waals surface area contributed by atoms with Gasteiger partial charge in [-0.25, -0.2) is 4.39 Å². The van der Waals surface area contributed by atoms with Crippen LogP contribution in [0.2, 0.25) is 0 Å². The van der Waals surface area contributed by atoms with Crippen LogP contribution in [0.15, 0.2) is 40.1 Å². The van der Waals surface area contributed by atoms with Crippen molar-refractivity contribution >= 4 is 15.7 Å². The van der Waals surface area contributed by atoms with Gasteiger partial charge in [0.25, 0.3) is 10.0 Å². The molecule has 0 spiro atoms. The van der Waals surface area contributed by atoms with Crippen molar-refractivity contribution < 1.29 is 17.2 Å². The molecular formula is C10H10FN3O3S. The zero-order chi connectivity index (χ0) is 13.2.